The molecule has 0 saturated heterocycles. The highest BCUT2D eigenvalue weighted by Gasteiger charge is 2.10. The Kier molecular flexibility index (Phi) is 3.76. The van der Waals surface area contributed by atoms with Crippen molar-refractivity contribution in [2.75, 3.05) is 0 Å². The highest BCUT2D eigenvalue weighted by molar-refractivity contribution is 6.30. The standard InChI is InChI=1S/C12H14ClN3O/c1-8(2)14-7-11-15-16-12(17-11)9-3-5-10(13)6-4-9/h3-6,8,14H,7H2,1-2H3/p+1. The van der Waals surface area contributed by atoms with Crippen LogP contribution in [0.15, 0.2) is 28.7 Å². The van der Waals surface area contributed by atoms with Crippen molar-refractivity contribution in [2.45, 2.75) is 26.4 Å². The Morgan fingerprint density at radius 3 is 2.59 bits per heavy atom. The Labute approximate surface area is 105 Å². The van der Waals surface area contributed by atoms with E-state index >= 15 is 0 Å². The summed E-state index contributed by atoms with van der Waals surface area (Å²) in [5.41, 5.74) is 0.887. The third-order valence-corrected chi connectivity index (χ3v) is 2.57. The molecule has 0 radical (unpaired) electrons. The number of rotatable bonds is 4. The molecule has 1 aromatic carbocycles. The van der Waals surface area contributed by atoms with Gasteiger partial charge >= 0.3 is 0 Å². The largest absolute Gasteiger partial charge is 0.415 e. The monoisotopic (exact) mass is 252 g/mol. The lowest BCUT2D eigenvalue weighted by molar-refractivity contribution is -0.700. The van der Waals surface area contributed by atoms with Crippen LogP contribution in [0.25, 0.3) is 11.5 Å². The Bertz CT molecular complexity index is 479. The normalized spacial score (nSPS) is 11.1. The van der Waals surface area contributed by atoms with Gasteiger partial charge in [-0.1, -0.05) is 11.6 Å². The number of halogens is 1. The van der Waals surface area contributed by atoms with Gasteiger partial charge in [0.15, 0.2) is 6.54 Å². The van der Waals surface area contributed by atoms with E-state index in [0.717, 1.165) is 5.56 Å². The molecular formula is C12H15ClN3O+. The zero-order chi connectivity index (χ0) is 12.3. The van der Waals surface area contributed by atoms with Crippen LogP contribution in [0, 0.1) is 0 Å². The van der Waals surface area contributed by atoms with Gasteiger partial charge in [0.2, 0.25) is 5.89 Å². The average molecular weight is 253 g/mol. The van der Waals surface area contributed by atoms with E-state index in [0.29, 0.717) is 29.4 Å². The summed E-state index contributed by atoms with van der Waals surface area (Å²) in [7, 11) is 0. The molecular weight excluding hydrogens is 238 g/mol. The number of aromatic nitrogens is 2. The van der Waals surface area contributed by atoms with Gasteiger partial charge in [-0.15, -0.1) is 10.2 Å². The van der Waals surface area contributed by atoms with E-state index in [1.807, 2.05) is 12.1 Å². The smallest absolute Gasteiger partial charge is 0.271 e. The molecule has 1 heterocycles. The third-order valence-electron chi connectivity index (χ3n) is 2.32. The lowest BCUT2D eigenvalue weighted by atomic mass is 10.2. The summed E-state index contributed by atoms with van der Waals surface area (Å²) in [5.74, 6) is 1.18. The summed E-state index contributed by atoms with van der Waals surface area (Å²) in [4.78, 5) is 0. The van der Waals surface area contributed by atoms with Crippen molar-refractivity contribution in [3.63, 3.8) is 0 Å². The molecule has 5 heteroatoms. The van der Waals surface area contributed by atoms with Crippen LogP contribution in [-0.2, 0) is 6.54 Å². The Morgan fingerprint density at radius 1 is 1.24 bits per heavy atom. The molecule has 4 nitrogen and oxygen atoms in total. The van der Waals surface area contributed by atoms with Crippen molar-refractivity contribution < 1.29 is 9.73 Å². The molecule has 17 heavy (non-hydrogen) atoms. The Morgan fingerprint density at radius 2 is 1.94 bits per heavy atom. The lowest BCUT2D eigenvalue weighted by Crippen LogP contribution is -2.87. The zero-order valence-corrected chi connectivity index (χ0v) is 10.6. The summed E-state index contributed by atoms with van der Waals surface area (Å²) in [6.45, 7) is 4.95. The van der Waals surface area contributed by atoms with Crippen molar-refractivity contribution in [1.82, 2.24) is 10.2 Å². The third kappa shape index (κ3) is 3.28. The quantitative estimate of drug-likeness (QED) is 0.904. The Hall–Kier alpha value is -1.39. The van der Waals surface area contributed by atoms with Gasteiger partial charge in [-0.05, 0) is 38.1 Å². The molecule has 2 N–H and O–H groups in total. The molecule has 0 amide bonds. The molecule has 1 aromatic heterocycles. The minimum atomic E-state index is 0.515. The van der Waals surface area contributed by atoms with Gasteiger partial charge in [0.25, 0.3) is 5.89 Å². The van der Waals surface area contributed by atoms with Crippen LogP contribution in [0.3, 0.4) is 0 Å². The maximum atomic E-state index is 5.82. The number of nitrogens with zero attached hydrogens (tertiary/aromatic N) is 2. The van der Waals surface area contributed by atoms with E-state index in [9.17, 15) is 0 Å². The Balaban J connectivity index is 2.10. The van der Waals surface area contributed by atoms with Crippen molar-refractivity contribution in [2.24, 2.45) is 0 Å². The van der Waals surface area contributed by atoms with E-state index in [1.165, 1.54) is 0 Å². The highest BCUT2D eigenvalue weighted by atomic mass is 35.5. The summed E-state index contributed by atoms with van der Waals surface area (Å²) in [6.07, 6.45) is 0. The number of quaternary nitrogens is 1. The maximum absolute atomic E-state index is 5.82. The van der Waals surface area contributed by atoms with Gasteiger partial charge in [-0.3, -0.25) is 0 Å². The first-order valence-corrected chi connectivity index (χ1v) is 5.94. The minimum absolute atomic E-state index is 0.515. The van der Waals surface area contributed by atoms with Crippen LogP contribution < -0.4 is 5.32 Å². The maximum Gasteiger partial charge on any atom is 0.271 e. The highest BCUT2D eigenvalue weighted by Crippen LogP contribution is 2.19. The first-order chi connectivity index (χ1) is 8.15. The fourth-order valence-electron chi connectivity index (χ4n) is 1.38. The molecule has 0 saturated carbocycles. The fourth-order valence-corrected chi connectivity index (χ4v) is 1.51. The molecule has 0 spiro atoms. The van der Waals surface area contributed by atoms with Gasteiger partial charge in [0.1, 0.15) is 0 Å². The van der Waals surface area contributed by atoms with Crippen molar-refractivity contribution >= 4 is 11.6 Å². The summed E-state index contributed by atoms with van der Waals surface area (Å²) >= 11 is 5.82. The molecule has 0 bridgehead atoms. The predicted octanol–water partition coefficient (Wildman–Crippen LogP) is 1.86. The number of benzene rings is 1. The zero-order valence-electron chi connectivity index (χ0n) is 9.85. The van der Waals surface area contributed by atoms with E-state index < -0.39 is 0 Å². The van der Waals surface area contributed by atoms with Crippen LogP contribution in [-0.4, -0.2) is 16.2 Å². The second-order valence-electron chi connectivity index (χ2n) is 4.19. The van der Waals surface area contributed by atoms with E-state index in [2.05, 4.69) is 29.4 Å². The molecule has 0 aliphatic carbocycles. The van der Waals surface area contributed by atoms with Crippen LogP contribution in [0.2, 0.25) is 5.02 Å². The first-order valence-electron chi connectivity index (χ1n) is 5.57. The number of hydrogen-bond donors (Lipinski definition) is 1. The van der Waals surface area contributed by atoms with Gasteiger partial charge in [-0.25, -0.2) is 0 Å². The second kappa shape index (κ2) is 5.29. The summed E-state index contributed by atoms with van der Waals surface area (Å²) in [6, 6.07) is 7.86. The average Bonchev–Trinajstić information content (AvgIpc) is 2.76. The van der Waals surface area contributed by atoms with Crippen molar-refractivity contribution in [3.05, 3.63) is 35.2 Å². The first kappa shape index (κ1) is 12.1. The van der Waals surface area contributed by atoms with Crippen LogP contribution in [0.1, 0.15) is 19.7 Å². The van der Waals surface area contributed by atoms with Gasteiger partial charge < -0.3 is 9.73 Å². The minimum Gasteiger partial charge on any atom is -0.415 e. The molecule has 0 aliphatic rings. The van der Waals surface area contributed by atoms with Gasteiger partial charge in [0, 0.05) is 10.6 Å². The molecule has 0 unspecified atom stereocenters. The molecule has 90 valence electrons. The summed E-state index contributed by atoms with van der Waals surface area (Å²) < 4.78 is 5.56. The predicted molar refractivity (Wildman–Crippen MR) is 65.5 cm³/mol. The van der Waals surface area contributed by atoms with Crippen LogP contribution >= 0.6 is 11.6 Å². The SMILES string of the molecule is CC(C)[NH2+]Cc1nnc(-c2ccc(Cl)cc2)o1. The molecule has 2 rings (SSSR count). The van der Waals surface area contributed by atoms with Gasteiger partial charge in [-0.2, -0.15) is 0 Å². The molecule has 0 fully saturated rings. The van der Waals surface area contributed by atoms with Crippen molar-refractivity contribution in [1.29, 1.82) is 0 Å². The van der Waals surface area contributed by atoms with Gasteiger partial charge in [0.05, 0.1) is 6.04 Å². The van der Waals surface area contributed by atoms with E-state index in [4.69, 9.17) is 16.0 Å². The fraction of sp³-hybridized carbons (Fsp3) is 0.333. The number of hydrogen-bond acceptors (Lipinski definition) is 3. The number of nitrogens with two attached hydrogens (primary N) is 1. The van der Waals surface area contributed by atoms with Crippen LogP contribution in [0.5, 0.6) is 0 Å². The van der Waals surface area contributed by atoms with Crippen molar-refractivity contribution in [3.8, 4) is 11.5 Å². The second-order valence-corrected chi connectivity index (χ2v) is 4.63. The molecule has 0 atom stereocenters. The van der Waals surface area contributed by atoms with E-state index in [1.54, 1.807) is 12.1 Å². The van der Waals surface area contributed by atoms with E-state index in [-0.39, 0.29) is 0 Å². The molecule has 2 aromatic rings. The topological polar surface area (TPSA) is 55.5 Å². The molecule has 0 aliphatic heterocycles. The lowest BCUT2D eigenvalue weighted by Gasteiger charge is -2.00. The van der Waals surface area contributed by atoms with Crippen LogP contribution in [0.4, 0.5) is 0 Å². The summed E-state index contributed by atoms with van der Waals surface area (Å²) in [5, 5.41) is 10.9.